The molecule has 190 valence electrons. The average Bonchev–Trinajstić information content (AvgIpc) is 2.81. The lowest BCUT2D eigenvalue weighted by Crippen LogP contribution is -2.31. The van der Waals surface area contributed by atoms with Gasteiger partial charge in [-0.05, 0) is 83.2 Å². The highest BCUT2D eigenvalue weighted by Crippen LogP contribution is 2.37. The number of carbonyl (C=O) groups excluding carboxylic acids is 1. The van der Waals surface area contributed by atoms with Crippen LogP contribution in [0, 0.1) is 13.8 Å². The number of methoxy groups -OCH3 is 1. The fourth-order valence-corrected chi connectivity index (χ4v) is 3.99. The minimum atomic E-state index is -1.29. The van der Waals surface area contributed by atoms with Gasteiger partial charge in [-0.3, -0.25) is 4.79 Å². The molecule has 0 heterocycles. The largest absolute Gasteiger partial charge is 0.493 e. The zero-order chi connectivity index (χ0) is 26.0. The molecule has 0 radical (unpaired) electrons. The van der Waals surface area contributed by atoms with Crippen LogP contribution in [0.4, 0.5) is 0 Å². The third-order valence-electron chi connectivity index (χ3n) is 5.09. The van der Waals surface area contributed by atoms with Crippen molar-refractivity contribution in [1.82, 2.24) is 5.32 Å². The first-order chi connectivity index (χ1) is 16.7. The second-order valence-electron chi connectivity index (χ2n) is 8.01. The normalized spacial score (nSPS) is 11.2. The third kappa shape index (κ3) is 8.78. The van der Waals surface area contributed by atoms with Crippen molar-refractivity contribution in [2.45, 2.75) is 46.5 Å². The summed E-state index contributed by atoms with van der Waals surface area (Å²) in [5, 5.41) is 12.6. The van der Waals surface area contributed by atoms with E-state index >= 15 is 0 Å². The van der Waals surface area contributed by atoms with Crippen LogP contribution < -0.4 is 19.5 Å². The van der Waals surface area contributed by atoms with Gasteiger partial charge in [0.25, 0.3) is 5.91 Å². The van der Waals surface area contributed by atoms with E-state index in [1.807, 2.05) is 13.8 Å². The number of carboxylic acids is 1. The lowest BCUT2D eigenvalue weighted by Gasteiger charge is -2.14. The zero-order valence-corrected chi connectivity index (χ0v) is 22.7. The molecule has 35 heavy (non-hydrogen) atoms. The number of amides is 1. The topological polar surface area (TPSA) is 94.1 Å². The molecule has 0 aliphatic rings. The number of unbranched alkanes of at least 4 members (excludes halogenated alkanes) is 3. The number of hydrogen-bond donors (Lipinski definition) is 2. The molecule has 2 aromatic carbocycles. The number of carboxylic acid groups (broad SMARTS) is 1. The molecule has 0 spiro atoms. The molecule has 0 saturated carbocycles. The summed E-state index contributed by atoms with van der Waals surface area (Å²) in [5.41, 5.74) is 1.85. The second kappa shape index (κ2) is 14.0. The van der Waals surface area contributed by atoms with Gasteiger partial charge in [0, 0.05) is 5.02 Å². The number of nitrogens with one attached hydrogen (secondary N) is 1. The Labute approximate surface area is 219 Å². The van der Waals surface area contributed by atoms with Crippen molar-refractivity contribution in [3.63, 3.8) is 0 Å². The molecule has 0 bridgehead atoms. The Hall–Kier alpha value is -2.71. The van der Waals surface area contributed by atoms with Crippen LogP contribution in [0.2, 0.25) is 5.02 Å². The number of aliphatic carboxylic acids is 1. The first-order valence-electron chi connectivity index (χ1n) is 11.3. The number of rotatable bonds is 13. The van der Waals surface area contributed by atoms with Crippen molar-refractivity contribution in [1.29, 1.82) is 0 Å². The Morgan fingerprint density at radius 1 is 1.09 bits per heavy atom. The summed E-state index contributed by atoms with van der Waals surface area (Å²) < 4.78 is 17.4. The number of ether oxygens (including phenoxy) is 3. The summed E-state index contributed by atoms with van der Waals surface area (Å²) in [5.74, 6) is -0.429. The molecule has 9 heteroatoms. The molecular formula is C26H31BrClNO6. The number of hydrogen-bond acceptors (Lipinski definition) is 5. The maximum atomic E-state index is 12.4. The maximum absolute atomic E-state index is 12.4. The second-order valence-corrected chi connectivity index (χ2v) is 9.25. The van der Waals surface area contributed by atoms with Crippen LogP contribution in [0.25, 0.3) is 6.08 Å². The van der Waals surface area contributed by atoms with E-state index in [2.05, 4.69) is 28.2 Å². The van der Waals surface area contributed by atoms with Gasteiger partial charge in [-0.2, -0.15) is 0 Å². The summed E-state index contributed by atoms with van der Waals surface area (Å²) >= 11 is 9.62. The molecule has 2 aromatic rings. The number of benzene rings is 2. The molecule has 0 aromatic heterocycles. The molecule has 0 fully saturated rings. The van der Waals surface area contributed by atoms with E-state index in [-0.39, 0.29) is 12.3 Å². The van der Waals surface area contributed by atoms with E-state index in [0.717, 1.165) is 36.8 Å². The highest BCUT2D eigenvalue weighted by Gasteiger charge is 2.16. The van der Waals surface area contributed by atoms with Gasteiger partial charge in [0.2, 0.25) is 0 Å². The molecule has 0 aliphatic carbocycles. The molecule has 0 atom stereocenters. The Bertz CT molecular complexity index is 1060. The lowest BCUT2D eigenvalue weighted by atomic mass is 10.1. The fourth-order valence-electron chi connectivity index (χ4n) is 3.31. The first-order valence-corrected chi connectivity index (χ1v) is 12.5. The van der Waals surface area contributed by atoms with Gasteiger partial charge in [0.15, 0.2) is 18.1 Å². The van der Waals surface area contributed by atoms with E-state index in [0.29, 0.717) is 38.9 Å². The monoisotopic (exact) mass is 567 g/mol. The Kier molecular flexibility index (Phi) is 11.4. The summed E-state index contributed by atoms with van der Waals surface area (Å²) in [6.07, 6.45) is 5.65. The molecule has 0 saturated heterocycles. The molecule has 2 rings (SSSR count). The number of halogens is 2. The van der Waals surface area contributed by atoms with E-state index in [1.165, 1.54) is 13.2 Å². The highest BCUT2D eigenvalue weighted by atomic mass is 79.9. The van der Waals surface area contributed by atoms with Crippen molar-refractivity contribution in [2.24, 2.45) is 0 Å². The zero-order valence-electron chi connectivity index (χ0n) is 20.4. The van der Waals surface area contributed by atoms with Crippen molar-refractivity contribution < 1.29 is 28.9 Å². The highest BCUT2D eigenvalue weighted by molar-refractivity contribution is 9.10. The predicted molar refractivity (Wildman–Crippen MR) is 141 cm³/mol. The van der Waals surface area contributed by atoms with Crippen LogP contribution in [0.1, 0.15) is 49.3 Å². The molecule has 2 N–H and O–H groups in total. The van der Waals surface area contributed by atoms with Crippen LogP contribution >= 0.6 is 27.5 Å². The molecule has 1 amide bonds. The van der Waals surface area contributed by atoms with Crippen LogP contribution in [-0.4, -0.2) is 37.3 Å². The van der Waals surface area contributed by atoms with E-state index in [9.17, 15) is 14.7 Å². The summed E-state index contributed by atoms with van der Waals surface area (Å²) in [6, 6.07) is 6.79. The summed E-state index contributed by atoms with van der Waals surface area (Å²) in [4.78, 5) is 24.1. The lowest BCUT2D eigenvalue weighted by molar-refractivity contribution is -0.134. The number of aryl methyl sites for hydroxylation is 2. The Balaban J connectivity index is 2.11. The van der Waals surface area contributed by atoms with Crippen molar-refractivity contribution in [3.8, 4) is 17.2 Å². The standard InChI is InChI=1S/C26H31BrClNO6/c1-5-6-7-8-9-34-25-20(27)12-18(14-22(25)33-4)13-21(26(31)32)29-23(30)15-35-19-10-16(2)24(28)17(3)11-19/h10-14H,5-9,15H2,1-4H3,(H,29,30)(H,31,32)/b21-13+. The van der Waals surface area contributed by atoms with Crippen LogP contribution in [0.5, 0.6) is 17.2 Å². The fraction of sp³-hybridized carbons (Fsp3) is 0.385. The maximum Gasteiger partial charge on any atom is 0.352 e. The van der Waals surface area contributed by atoms with E-state index in [1.54, 1.807) is 24.3 Å². The van der Waals surface area contributed by atoms with Crippen LogP contribution in [0.15, 0.2) is 34.4 Å². The van der Waals surface area contributed by atoms with Crippen molar-refractivity contribution in [2.75, 3.05) is 20.3 Å². The Morgan fingerprint density at radius 2 is 1.77 bits per heavy atom. The van der Waals surface area contributed by atoms with Crippen molar-refractivity contribution >= 4 is 45.5 Å². The SMILES string of the molecule is CCCCCCOc1c(Br)cc(/C=C(/NC(=O)COc2cc(C)c(Cl)c(C)c2)C(=O)O)cc1OC. The van der Waals surface area contributed by atoms with E-state index in [4.69, 9.17) is 25.8 Å². The Morgan fingerprint density at radius 3 is 2.37 bits per heavy atom. The molecule has 0 aliphatic heterocycles. The molecule has 7 nitrogen and oxygen atoms in total. The third-order valence-corrected chi connectivity index (χ3v) is 6.28. The summed E-state index contributed by atoms with van der Waals surface area (Å²) in [7, 11) is 1.51. The number of carbonyl (C=O) groups is 2. The predicted octanol–water partition coefficient (Wildman–Crippen LogP) is 6.31. The first kappa shape index (κ1) is 28.5. The van der Waals surface area contributed by atoms with Crippen LogP contribution in [-0.2, 0) is 9.59 Å². The minimum absolute atomic E-state index is 0.302. The van der Waals surface area contributed by atoms with Gasteiger partial charge >= 0.3 is 5.97 Å². The van der Waals surface area contributed by atoms with Gasteiger partial charge in [-0.15, -0.1) is 0 Å². The van der Waals surface area contributed by atoms with Gasteiger partial charge in [-0.25, -0.2) is 4.79 Å². The quantitative estimate of drug-likeness (QED) is 0.217. The minimum Gasteiger partial charge on any atom is -0.493 e. The van der Waals surface area contributed by atoms with Crippen molar-refractivity contribution in [3.05, 3.63) is 56.1 Å². The smallest absolute Gasteiger partial charge is 0.352 e. The van der Waals surface area contributed by atoms with Gasteiger partial charge in [0.05, 0.1) is 18.2 Å². The molecule has 0 unspecified atom stereocenters. The average molecular weight is 569 g/mol. The van der Waals surface area contributed by atoms with Gasteiger partial charge in [0.1, 0.15) is 11.4 Å². The van der Waals surface area contributed by atoms with E-state index < -0.39 is 11.9 Å². The van der Waals surface area contributed by atoms with Crippen LogP contribution in [0.3, 0.4) is 0 Å². The van der Waals surface area contributed by atoms with Gasteiger partial charge < -0.3 is 24.6 Å². The summed E-state index contributed by atoms with van der Waals surface area (Å²) in [6.45, 7) is 6.01. The van der Waals surface area contributed by atoms with Gasteiger partial charge in [-0.1, -0.05) is 37.8 Å². The molecular weight excluding hydrogens is 538 g/mol.